The molecule has 1 aliphatic carbocycles. The molecule has 0 amide bonds. The third-order valence-corrected chi connectivity index (χ3v) is 4.15. The first-order valence-electron chi connectivity index (χ1n) is 6.55. The van der Waals surface area contributed by atoms with E-state index in [1.165, 1.54) is 50.7 Å². The molecule has 0 heterocycles. The zero-order chi connectivity index (χ0) is 13.0. The van der Waals surface area contributed by atoms with Crippen molar-refractivity contribution in [1.82, 2.24) is 0 Å². The Balaban J connectivity index is 1.97. The molecule has 100 valence electrons. The highest BCUT2D eigenvalue weighted by atomic mass is 35.5. The molecule has 0 aromatic heterocycles. The van der Waals surface area contributed by atoms with Gasteiger partial charge in [-0.2, -0.15) is 0 Å². The van der Waals surface area contributed by atoms with Crippen LogP contribution in [0.2, 0.25) is 10.0 Å². The van der Waals surface area contributed by atoms with Crippen LogP contribution in [0.3, 0.4) is 0 Å². The Kier molecular flexibility index (Phi) is 5.13. The normalized spacial score (nSPS) is 17.5. The van der Waals surface area contributed by atoms with Gasteiger partial charge in [-0.05, 0) is 30.9 Å². The standard InChI is InChI=1S/C14H18Cl2FN/c15-12-7-11(17)8-13(16)14(12)18-9-10-5-3-1-2-4-6-10/h7-8,10,18H,1-6,9H2. The molecule has 1 saturated carbocycles. The second-order valence-electron chi connectivity index (χ2n) is 4.98. The first kappa shape index (κ1) is 14.0. The first-order valence-corrected chi connectivity index (χ1v) is 7.31. The molecule has 1 nitrogen and oxygen atoms in total. The molecule has 4 heteroatoms. The quantitative estimate of drug-likeness (QED) is 0.723. The van der Waals surface area contributed by atoms with Crippen molar-refractivity contribution in [3.63, 3.8) is 0 Å². The smallest absolute Gasteiger partial charge is 0.126 e. The molecule has 0 radical (unpaired) electrons. The average Bonchev–Trinajstić information content (AvgIpc) is 2.56. The summed E-state index contributed by atoms with van der Waals surface area (Å²) in [5.74, 6) is 0.273. The second kappa shape index (κ2) is 6.63. The van der Waals surface area contributed by atoms with Crippen molar-refractivity contribution in [2.24, 2.45) is 5.92 Å². The number of hydrogen-bond donors (Lipinski definition) is 1. The lowest BCUT2D eigenvalue weighted by atomic mass is 10.0. The van der Waals surface area contributed by atoms with Crippen LogP contribution in [0, 0.1) is 11.7 Å². The van der Waals surface area contributed by atoms with E-state index in [4.69, 9.17) is 23.2 Å². The highest BCUT2D eigenvalue weighted by molar-refractivity contribution is 6.39. The lowest BCUT2D eigenvalue weighted by molar-refractivity contribution is 0.483. The first-order chi connectivity index (χ1) is 8.66. The van der Waals surface area contributed by atoms with E-state index in [1.807, 2.05) is 0 Å². The van der Waals surface area contributed by atoms with Gasteiger partial charge in [-0.25, -0.2) is 4.39 Å². The largest absolute Gasteiger partial charge is 0.382 e. The summed E-state index contributed by atoms with van der Waals surface area (Å²) in [4.78, 5) is 0. The average molecular weight is 290 g/mol. The van der Waals surface area contributed by atoms with Gasteiger partial charge >= 0.3 is 0 Å². The summed E-state index contributed by atoms with van der Waals surface area (Å²) in [6.07, 6.45) is 7.80. The maximum Gasteiger partial charge on any atom is 0.126 e. The second-order valence-corrected chi connectivity index (χ2v) is 5.80. The van der Waals surface area contributed by atoms with Crippen LogP contribution in [0.15, 0.2) is 12.1 Å². The van der Waals surface area contributed by atoms with Crippen LogP contribution in [-0.4, -0.2) is 6.54 Å². The topological polar surface area (TPSA) is 12.0 Å². The van der Waals surface area contributed by atoms with Gasteiger partial charge < -0.3 is 5.32 Å². The van der Waals surface area contributed by atoms with Crippen LogP contribution < -0.4 is 5.32 Å². The number of rotatable bonds is 3. The Bertz CT molecular complexity index is 378. The van der Waals surface area contributed by atoms with Crippen LogP contribution in [0.4, 0.5) is 10.1 Å². The van der Waals surface area contributed by atoms with E-state index in [0.717, 1.165) is 6.54 Å². The fourth-order valence-corrected chi connectivity index (χ4v) is 3.12. The number of benzene rings is 1. The van der Waals surface area contributed by atoms with Crippen LogP contribution in [-0.2, 0) is 0 Å². The molecule has 1 fully saturated rings. The van der Waals surface area contributed by atoms with Crippen LogP contribution in [0.25, 0.3) is 0 Å². The monoisotopic (exact) mass is 289 g/mol. The minimum atomic E-state index is -0.398. The van der Waals surface area contributed by atoms with Gasteiger partial charge in [-0.1, -0.05) is 48.9 Å². The van der Waals surface area contributed by atoms with Crippen LogP contribution >= 0.6 is 23.2 Å². The molecule has 1 aliphatic rings. The van der Waals surface area contributed by atoms with E-state index in [2.05, 4.69) is 5.32 Å². The number of halogens is 3. The van der Waals surface area contributed by atoms with Gasteiger partial charge in [0.15, 0.2) is 0 Å². The molecule has 0 spiro atoms. The molecule has 0 bridgehead atoms. The molecule has 1 N–H and O–H groups in total. The summed E-state index contributed by atoms with van der Waals surface area (Å²) in [7, 11) is 0. The Morgan fingerprint density at radius 1 is 1.06 bits per heavy atom. The third kappa shape index (κ3) is 3.76. The molecule has 1 aromatic carbocycles. The molecule has 0 atom stereocenters. The molecule has 1 aromatic rings. The summed E-state index contributed by atoms with van der Waals surface area (Å²) in [5, 5.41) is 3.99. The van der Waals surface area contributed by atoms with E-state index >= 15 is 0 Å². The minimum absolute atomic E-state index is 0.355. The van der Waals surface area contributed by atoms with Crippen molar-refractivity contribution in [3.8, 4) is 0 Å². The Morgan fingerprint density at radius 3 is 2.17 bits per heavy atom. The third-order valence-electron chi connectivity index (χ3n) is 3.55. The van der Waals surface area contributed by atoms with Gasteiger partial charge in [0.2, 0.25) is 0 Å². The van der Waals surface area contributed by atoms with Crippen LogP contribution in [0.1, 0.15) is 38.5 Å². The van der Waals surface area contributed by atoms with Gasteiger partial charge in [0.05, 0.1) is 15.7 Å². The van der Waals surface area contributed by atoms with Gasteiger partial charge in [0.1, 0.15) is 5.82 Å². The Morgan fingerprint density at radius 2 is 1.61 bits per heavy atom. The molecule has 18 heavy (non-hydrogen) atoms. The lowest BCUT2D eigenvalue weighted by Gasteiger charge is -2.17. The molecule has 0 aliphatic heterocycles. The summed E-state index contributed by atoms with van der Waals surface area (Å²) < 4.78 is 13.1. The maximum atomic E-state index is 13.1. The summed E-state index contributed by atoms with van der Waals surface area (Å²) in [5.41, 5.74) is 0.656. The predicted molar refractivity (Wildman–Crippen MR) is 76.1 cm³/mol. The molecule has 2 rings (SSSR count). The summed E-state index contributed by atoms with van der Waals surface area (Å²) in [6.45, 7) is 0.866. The van der Waals surface area contributed by atoms with E-state index in [9.17, 15) is 4.39 Å². The van der Waals surface area contributed by atoms with E-state index in [-0.39, 0.29) is 0 Å². The van der Waals surface area contributed by atoms with Crippen molar-refractivity contribution in [3.05, 3.63) is 28.0 Å². The van der Waals surface area contributed by atoms with Crippen molar-refractivity contribution in [2.75, 3.05) is 11.9 Å². The van der Waals surface area contributed by atoms with Crippen molar-refractivity contribution < 1.29 is 4.39 Å². The van der Waals surface area contributed by atoms with Crippen molar-refractivity contribution >= 4 is 28.9 Å². The minimum Gasteiger partial charge on any atom is -0.382 e. The van der Waals surface area contributed by atoms with E-state index in [1.54, 1.807) is 0 Å². The van der Waals surface area contributed by atoms with Crippen LogP contribution in [0.5, 0.6) is 0 Å². The van der Waals surface area contributed by atoms with Gasteiger partial charge in [0, 0.05) is 6.54 Å². The number of anilines is 1. The van der Waals surface area contributed by atoms with Gasteiger partial charge in [-0.15, -0.1) is 0 Å². The predicted octanol–water partition coefficient (Wildman–Crippen LogP) is 5.51. The van der Waals surface area contributed by atoms with Crippen molar-refractivity contribution in [2.45, 2.75) is 38.5 Å². The Labute approximate surface area is 118 Å². The van der Waals surface area contributed by atoms with Gasteiger partial charge in [-0.3, -0.25) is 0 Å². The fourth-order valence-electron chi connectivity index (χ4n) is 2.53. The summed E-state index contributed by atoms with van der Waals surface area (Å²) >= 11 is 12.0. The highest BCUT2D eigenvalue weighted by Gasteiger charge is 2.14. The SMILES string of the molecule is Fc1cc(Cl)c(NCC2CCCCCC2)c(Cl)c1. The highest BCUT2D eigenvalue weighted by Crippen LogP contribution is 2.32. The zero-order valence-electron chi connectivity index (χ0n) is 10.3. The Hall–Kier alpha value is -0.470. The van der Waals surface area contributed by atoms with E-state index in [0.29, 0.717) is 21.7 Å². The lowest BCUT2D eigenvalue weighted by Crippen LogP contribution is -2.14. The van der Waals surface area contributed by atoms with E-state index < -0.39 is 5.82 Å². The molecular formula is C14H18Cl2FN. The molecular weight excluding hydrogens is 272 g/mol. The molecule has 0 unspecified atom stereocenters. The fraction of sp³-hybridized carbons (Fsp3) is 0.571. The zero-order valence-corrected chi connectivity index (χ0v) is 11.8. The summed E-state index contributed by atoms with van der Waals surface area (Å²) in [6, 6.07) is 2.59. The van der Waals surface area contributed by atoms with Gasteiger partial charge in [0.25, 0.3) is 0 Å². The number of hydrogen-bond acceptors (Lipinski definition) is 1. The molecule has 0 saturated heterocycles. The van der Waals surface area contributed by atoms with Crippen molar-refractivity contribution in [1.29, 1.82) is 0 Å². The number of nitrogens with one attached hydrogen (secondary N) is 1. The maximum absolute atomic E-state index is 13.1.